The van der Waals surface area contributed by atoms with Crippen LogP contribution in [0.15, 0.2) is 0 Å². The van der Waals surface area contributed by atoms with Crippen molar-refractivity contribution in [2.75, 3.05) is 0 Å². The first-order chi connectivity index (χ1) is 3.12. The van der Waals surface area contributed by atoms with E-state index in [0.717, 1.165) is 0 Å². The van der Waals surface area contributed by atoms with Crippen LogP contribution in [0.3, 0.4) is 0 Å². The number of rotatable bonds is 2. The third-order valence-electron chi connectivity index (χ3n) is 0.192. The highest BCUT2D eigenvalue weighted by molar-refractivity contribution is 7.53. The number of hydrogen-bond acceptors (Lipinski definition) is 3. The van der Waals surface area contributed by atoms with Crippen molar-refractivity contribution in [1.29, 1.82) is 0 Å². The van der Waals surface area contributed by atoms with Gasteiger partial charge in [-0.15, -0.1) is 0 Å². The maximum Gasteiger partial charge on any atom is 0.435 e. The van der Waals surface area contributed by atoms with E-state index in [4.69, 9.17) is 0 Å². The molecule has 0 atom stereocenters. The summed E-state index contributed by atoms with van der Waals surface area (Å²) in [5, 5.41) is 0. The molecule has 7 heteroatoms. The first-order valence-corrected chi connectivity index (χ1v) is 3.34. The molecule has 0 amide bonds. The lowest BCUT2D eigenvalue weighted by atomic mass is 13.9. The molecule has 44 valence electrons. The Morgan fingerprint density at radius 2 is 1.71 bits per heavy atom. The molecule has 0 radical (unpaired) electrons. The van der Waals surface area contributed by atoms with Gasteiger partial charge in [-0.1, -0.05) is 0 Å². The van der Waals surface area contributed by atoms with Crippen molar-refractivity contribution >= 4 is 31.5 Å². The summed E-state index contributed by atoms with van der Waals surface area (Å²) >= 11 is 8.99. The van der Waals surface area contributed by atoms with Gasteiger partial charge in [0.15, 0.2) is 0 Å². The molecular weight excluding hydrogens is 164 g/mol. The van der Waals surface area contributed by atoms with Crippen LogP contribution >= 0.6 is 31.5 Å². The zero-order valence-electron chi connectivity index (χ0n) is 3.01. The SMILES string of the molecule is NP(=O)(OCl)OCl. The summed E-state index contributed by atoms with van der Waals surface area (Å²) in [5.74, 6) is 0. The Labute approximate surface area is 50.4 Å². The van der Waals surface area contributed by atoms with Crippen molar-refractivity contribution in [3.63, 3.8) is 0 Å². The molecule has 0 aliphatic rings. The van der Waals surface area contributed by atoms with E-state index in [9.17, 15) is 4.57 Å². The lowest BCUT2D eigenvalue weighted by molar-refractivity contribution is 0.417. The van der Waals surface area contributed by atoms with Crippen LogP contribution in [0, 0.1) is 0 Å². The maximum atomic E-state index is 10.0. The Kier molecular flexibility index (Phi) is 3.15. The molecule has 0 unspecified atom stereocenters. The van der Waals surface area contributed by atoms with E-state index in [0.29, 0.717) is 0 Å². The largest absolute Gasteiger partial charge is 0.435 e. The zero-order chi connectivity index (χ0) is 5.91. The smallest absolute Gasteiger partial charge is 0.238 e. The van der Waals surface area contributed by atoms with Crippen molar-refractivity contribution in [3.8, 4) is 0 Å². The van der Waals surface area contributed by atoms with Gasteiger partial charge in [0, 0.05) is 0 Å². The minimum atomic E-state index is -3.62. The predicted octanol–water partition coefficient (Wildman–Crippen LogP) is 1.39. The van der Waals surface area contributed by atoms with Gasteiger partial charge in [0.1, 0.15) is 0 Å². The van der Waals surface area contributed by atoms with E-state index in [1.54, 1.807) is 0 Å². The average Bonchev–Trinajstić information content (AvgIpc) is 1.68. The molecule has 0 aliphatic heterocycles. The van der Waals surface area contributed by atoms with Crippen LogP contribution in [-0.4, -0.2) is 0 Å². The normalized spacial score (nSPS) is 11.9. The zero-order valence-corrected chi connectivity index (χ0v) is 5.41. The second kappa shape index (κ2) is 2.87. The van der Waals surface area contributed by atoms with Gasteiger partial charge in [0.2, 0.25) is 0 Å². The maximum absolute atomic E-state index is 10.0. The van der Waals surface area contributed by atoms with Crippen LogP contribution in [0.2, 0.25) is 0 Å². The summed E-state index contributed by atoms with van der Waals surface area (Å²) < 4.78 is 17.1. The van der Waals surface area contributed by atoms with Crippen molar-refractivity contribution in [2.24, 2.45) is 5.50 Å². The molecule has 0 heterocycles. The highest BCUT2D eigenvalue weighted by atomic mass is 35.5. The van der Waals surface area contributed by atoms with E-state index in [1.165, 1.54) is 0 Å². The topological polar surface area (TPSA) is 61.6 Å². The molecule has 0 saturated heterocycles. The van der Waals surface area contributed by atoms with E-state index in [-0.39, 0.29) is 0 Å². The molecule has 0 rings (SSSR count). The molecule has 0 aromatic heterocycles. The molecule has 7 heavy (non-hydrogen) atoms. The minimum absolute atomic E-state index is 3.54. The Bertz CT molecular complexity index is 84.9. The Balaban J connectivity index is 3.61. The molecule has 0 aromatic rings. The van der Waals surface area contributed by atoms with Crippen LogP contribution in [0.25, 0.3) is 0 Å². The van der Waals surface area contributed by atoms with Crippen LogP contribution in [0.1, 0.15) is 0 Å². The monoisotopic (exact) mass is 165 g/mol. The molecular formula is H2Cl2NO3P. The molecule has 0 bridgehead atoms. The van der Waals surface area contributed by atoms with E-state index >= 15 is 0 Å². The van der Waals surface area contributed by atoms with E-state index in [2.05, 4.69) is 37.4 Å². The number of halogens is 2. The fraction of sp³-hybridized carbons (Fsp3) is 0. The average molecular weight is 166 g/mol. The summed E-state index contributed by atoms with van der Waals surface area (Å²) in [5.41, 5.74) is 4.56. The Morgan fingerprint density at radius 3 is 1.71 bits per heavy atom. The van der Waals surface area contributed by atoms with Crippen LogP contribution < -0.4 is 5.50 Å². The highest BCUT2D eigenvalue weighted by Gasteiger charge is 2.15. The summed E-state index contributed by atoms with van der Waals surface area (Å²) in [7, 11) is -3.62. The van der Waals surface area contributed by atoms with Gasteiger partial charge in [-0.05, 0) is 0 Å². The summed E-state index contributed by atoms with van der Waals surface area (Å²) in [6.07, 6.45) is 0. The molecule has 0 spiro atoms. The van der Waals surface area contributed by atoms with Gasteiger partial charge < -0.3 is 0 Å². The predicted molar refractivity (Wildman–Crippen MR) is 25.7 cm³/mol. The fourth-order valence-electron chi connectivity index (χ4n) is 0.0106. The quantitative estimate of drug-likeness (QED) is 0.629. The Hall–Kier alpha value is 0.690. The van der Waals surface area contributed by atoms with Gasteiger partial charge in [0.05, 0.1) is 23.7 Å². The van der Waals surface area contributed by atoms with Crippen molar-refractivity contribution in [2.45, 2.75) is 0 Å². The van der Waals surface area contributed by atoms with Crippen molar-refractivity contribution < 1.29 is 12.7 Å². The second-order valence-corrected chi connectivity index (χ2v) is 2.86. The molecule has 0 aromatic carbocycles. The van der Waals surface area contributed by atoms with Gasteiger partial charge in [-0.3, -0.25) is 0 Å². The van der Waals surface area contributed by atoms with Gasteiger partial charge in [0.25, 0.3) is 0 Å². The third kappa shape index (κ3) is 3.29. The minimum Gasteiger partial charge on any atom is -0.238 e. The van der Waals surface area contributed by atoms with Gasteiger partial charge in [-0.25, -0.2) is 10.1 Å². The Morgan fingerprint density at radius 1 is 1.43 bits per heavy atom. The number of nitrogens with two attached hydrogens (primary N) is 1. The molecule has 0 saturated carbocycles. The van der Waals surface area contributed by atoms with Crippen molar-refractivity contribution in [3.05, 3.63) is 0 Å². The fourth-order valence-corrected chi connectivity index (χ4v) is 0.287. The lowest BCUT2D eigenvalue weighted by Crippen LogP contribution is -1.91. The van der Waals surface area contributed by atoms with Gasteiger partial charge in [-0.2, -0.15) is 8.15 Å². The first-order valence-electron chi connectivity index (χ1n) is 1.11. The molecule has 4 nitrogen and oxygen atoms in total. The molecule has 0 aliphatic carbocycles. The third-order valence-corrected chi connectivity index (χ3v) is 1.73. The van der Waals surface area contributed by atoms with Crippen LogP contribution in [0.4, 0.5) is 0 Å². The molecule has 2 N–H and O–H groups in total. The summed E-state index contributed by atoms with van der Waals surface area (Å²) in [6, 6.07) is 0. The van der Waals surface area contributed by atoms with Crippen molar-refractivity contribution in [1.82, 2.24) is 0 Å². The molecule has 0 fully saturated rings. The van der Waals surface area contributed by atoms with E-state index in [1.807, 2.05) is 0 Å². The summed E-state index contributed by atoms with van der Waals surface area (Å²) in [6.45, 7) is 0. The van der Waals surface area contributed by atoms with Crippen LogP contribution in [-0.2, 0) is 12.7 Å². The second-order valence-electron chi connectivity index (χ2n) is 0.678. The first kappa shape index (κ1) is 7.69. The van der Waals surface area contributed by atoms with E-state index < -0.39 is 7.75 Å². The highest BCUT2D eigenvalue weighted by Crippen LogP contribution is 2.41. The standard InChI is InChI=1S/Cl2H2NO3P/c1-5-7(3,4)6-2/h(H2,3,4). The number of hydrogen-bond donors (Lipinski definition) is 1. The summed E-state index contributed by atoms with van der Waals surface area (Å²) in [4.78, 5) is 0. The van der Waals surface area contributed by atoms with Crippen LogP contribution in [0.5, 0.6) is 0 Å². The lowest BCUT2D eigenvalue weighted by Gasteiger charge is -1.97. The van der Waals surface area contributed by atoms with Gasteiger partial charge >= 0.3 is 7.75 Å².